The summed E-state index contributed by atoms with van der Waals surface area (Å²) in [4.78, 5) is 38.4. The third-order valence-electron chi connectivity index (χ3n) is 9.65. The summed E-state index contributed by atoms with van der Waals surface area (Å²) in [6, 6.07) is 31.9. The number of aliphatic hydroxyl groups is 1. The molecular formula is C40H39N5O8. The van der Waals surface area contributed by atoms with Crippen molar-refractivity contribution >= 4 is 22.9 Å². The largest absolute Gasteiger partial charge is 0.497 e. The monoisotopic (exact) mass is 717 g/mol. The predicted octanol–water partition coefficient (Wildman–Crippen LogP) is 4.35. The fraction of sp³-hybridized carbons (Fsp3) is 0.250. The van der Waals surface area contributed by atoms with E-state index in [0.717, 1.165) is 16.7 Å². The maximum absolute atomic E-state index is 14.6. The first-order chi connectivity index (χ1) is 25.7. The lowest BCUT2D eigenvalue weighted by molar-refractivity contribution is -0.165. The highest BCUT2D eigenvalue weighted by molar-refractivity contribution is 5.89. The minimum Gasteiger partial charge on any atom is -0.497 e. The minimum absolute atomic E-state index is 0.0346. The second-order valence-corrected chi connectivity index (χ2v) is 12.7. The molecule has 0 unspecified atom stereocenters. The second kappa shape index (κ2) is 14.5. The maximum Gasteiger partial charge on any atom is 0.280 e. The van der Waals surface area contributed by atoms with Crippen molar-refractivity contribution in [3.8, 4) is 17.2 Å². The molecule has 4 N–H and O–H groups in total. The summed E-state index contributed by atoms with van der Waals surface area (Å²) < 4.78 is 31.4. The number of methoxy groups -OCH3 is 3. The van der Waals surface area contributed by atoms with Crippen molar-refractivity contribution in [1.29, 1.82) is 0 Å². The number of ether oxygens (including phenoxy) is 5. The molecule has 1 aliphatic heterocycles. The van der Waals surface area contributed by atoms with Gasteiger partial charge in [0.25, 0.3) is 5.56 Å². The number of nitrogen functional groups attached to an aromatic ring is 1. The normalized spacial score (nSPS) is 18.6. The Morgan fingerprint density at radius 3 is 2.15 bits per heavy atom. The van der Waals surface area contributed by atoms with Crippen LogP contribution in [0.15, 0.2) is 114 Å². The average molecular weight is 718 g/mol. The Morgan fingerprint density at radius 2 is 1.53 bits per heavy atom. The summed E-state index contributed by atoms with van der Waals surface area (Å²) in [5.74, 6) is 1.34. The number of aliphatic hydroxyl groups excluding tert-OH is 1. The van der Waals surface area contributed by atoms with Crippen molar-refractivity contribution in [3.63, 3.8) is 0 Å². The molecule has 0 bridgehead atoms. The summed E-state index contributed by atoms with van der Waals surface area (Å²) in [6.07, 6.45) is -1.19. The van der Waals surface area contributed by atoms with Crippen LogP contribution in [0.2, 0.25) is 0 Å². The zero-order chi connectivity index (χ0) is 37.2. The molecule has 0 spiro atoms. The molecule has 0 amide bonds. The molecule has 13 heteroatoms. The Kier molecular flexibility index (Phi) is 9.71. The number of Topliss-reactive ketones (excluding diaryl/α,β-unsaturated/α-hetero) is 1. The average Bonchev–Trinajstić information content (AvgIpc) is 3.77. The Labute approximate surface area is 304 Å². The van der Waals surface area contributed by atoms with Gasteiger partial charge in [-0.1, -0.05) is 66.7 Å². The number of ketones is 1. The summed E-state index contributed by atoms with van der Waals surface area (Å²) in [7, 11) is 4.75. The molecule has 272 valence electrons. The van der Waals surface area contributed by atoms with Gasteiger partial charge in [0.2, 0.25) is 11.7 Å². The van der Waals surface area contributed by atoms with Gasteiger partial charge >= 0.3 is 0 Å². The Bertz CT molecular complexity index is 2230. The number of H-pyrrole nitrogens is 1. The molecule has 3 heterocycles. The van der Waals surface area contributed by atoms with Gasteiger partial charge < -0.3 is 34.5 Å². The summed E-state index contributed by atoms with van der Waals surface area (Å²) >= 11 is 0. The minimum atomic E-state index is -1.84. The second-order valence-electron chi connectivity index (χ2n) is 12.7. The van der Waals surface area contributed by atoms with Crippen LogP contribution in [0.1, 0.15) is 28.7 Å². The van der Waals surface area contributed by atoms with Crippen LogP contribution in [-0.2, 0) is 32.0 Å². The molecule has 0 saturated carbocycles. The van der Waals surface area contributed by atoms with Crippen LogP contribution in [0.5, 0.6) is 17.2 Å². The van der Waals surface area contributed by atoms with Gasteiger partial charge in [-0.25, -0.2) is 4.98 Å². The molecule has 2 aromatic heterocycles. The van der Waals surface area contributed by atoms with Gasteiger partial charge in [0.1, 0.15) is 35.3 Å². The van der Waals surface area contributed by atoms with Gasteiger partial charge in [0.15, 0.2) is 16.9 Å². The van der Waals surface area contributed by atoms with Gasteiger partial charge in [-0.2, -0.15) is 4.98 Å². The van der Waals surface area contributed by atoms with E-state index >= 15 is 0 Å². The van der Waals surface area contributed by atoms with Crippen LogP contribution < -0.4 is 25.5 Å². The third-order valence-corrected chi connectivity index (χ3v) is 9.65. The number of fused-ring (bicyclic) bond motifs is 1. The zero-order valence-electron chi connectivity index (χ0n) is 29.4. The number of aromatic nitrogens is 4. The number of nitrogens with two attached hydrogens (primary N) is 1. The van der Waals surface area contributed by atoms with Crippen molar-refractivity contribution < 1.29 is 33.6 Å². The molecule has 1 fully saturated rings. The fourth-order valence-corrected chi connectivity index (χ4v) is 6.98. The van der Waals surface area contributed by atoms with Crippen molar-refractivity contribution in [2.45, 2.75) is 36.4 Å². The summed E-state index contributed by atoms with van der Waals surface area (Å²) in [5, 5.41) is 11.8. The first-order valence-corrected chi connectivity index (χ1v) is 16.9. The highest BCUT2D eigenvalue weighted by Gasteiger charge is 2.54. The van der Waals surface area contributed by atoms with E-state index in [2.05, 4.69) is 15.0 Å². The topological polar surface area (TPSA) is 173 Å². The Hall–Kier alpha value is -6.02. The molecule has 6 aromatic rings. The first-order valence-electron chi connectivity index (χ1n) is 16.9. The number of hydrogen-bond donors (Lipinski definition) is 3. The van der Waals surface area contributed by atoms with Crippen molar-refractivity contribution in [3.05, 3.63) is 142 Å². The van der Waals surface area contributed by atoms with Crippen LogP contribution >= 0.6 is 0 Å². The smallest absolute Gasteiger partial charge is 0.280 e. The van der Waals surface area contributed by atoms with Gasteiger partial charge in [-0.3, -0.25) is 19.1 Å². The van der Waals surface area contributed by atoms with E-state index in [9.17, 15) is 14.7 Å². The van der Waals surface area contributed by atoms with Gasteiger partial charge in [-0.05, 0) is 58.7 Å². The molecule has 0 radical (unpaired) electrons. The van der Waals surface area contributed by atoms with E-state index in [1.54, 1.807) is 45.6 Å². The van der Waals surface area contributed by atoms with Crippen molar-refractivity contribution in [1.82, 2.24) is 19.5 Å². The lowest BCUT2D eigenvalue weighted by Crippen LogP contribution is -2.44. The molecule has 3 atom stereocenters. The number of nitrogens with zero attached hydrogens (tertiary/aromatic N) is 3. The molecule has 53 heavy (non-hydrogen) atoms. The number of benzene rings is 4. The van der Waals surface area contributed by atoms with E-state index in [1.165, 1.54) is 10.9 Å². The molecular weight excluding hydrogens is 678 g/mol. The zero-order valence-corrected chi connectivity index (χ0v) is 29.4. The number of nitrogens with one attached hydrogen (secondary N) is 1. The quantitative estimate of drug-likeness (QED) is 0.145. The predicted molar refractivity (Wildman–Crippen MR) is 196 cm³/mol. The van der Waals surface area contributed by atoms with E-state index in [4.69, 9.17) is 29.4 Å². The first kappa shape index (κ1) is 35.4. The van der Waals surface area contributed by atoms with Crippen molar-refractivity contribution in [2.75, 3.05) is 33.7 Å². The van der Waals surface area contributed by atoms with E-state index in [0.29, 0.717) is 22.8 Å². The van der Waals surface area contributed by atoms with Crippen LogP contribution in [0.4, 0.5) is 5.95 Å². The van der Waals surface area contributed by atoms with Gasteiger partial charge in [0.05, 0.1) is 34.0 Å². The number of carbonyl (C=O) groups excluding carboxylic acids is 1. The fourth-order valence-electron chi connectivity index (χ4n) is 6.98. The standard InChI is InChI=1S/C40H39N5O8/c1-49-29-16-12-27(13-17-29)40(26-9-5-4-6-10-26,28-14-18-30(50-2)19-15-28)52-23-33-32(46)22-39(53-33,34(47)21-25-8-7-11-31(20-25)51-3)45-24-42-35-36(45)43-38(41)44-37(35)48/h4-20,24,32-33,46H,21-23H2,1-3H3,(H3,41,43,44,48)/t32-,33+,39-/m0/s1. The van der Waals surface area contributed by atoms with Gasteiger partial charge in [-0.15, -0.1) is 0 Å². The summed E-state index contributed by atoms with van der Waals surface area (Å²) in [5.41, 5.74) is 5.34. The van der Waals surface area contributed by atoms with E-state index in [1.807, 2.05) is 78.9 Å². The number of aromatic amines is 1. The van der Waals surface area contributed by atoms with Crippen LogP contribution in [-0.4, -0.2) is 70.6 Å². The molecule has 4 aromatic carbocycles. The van der Waals surface area contributed by atoms with Crippen LogP contribution in [0.3, 0.4) is 0 Å². The molecule has 1 aliphatic rings. The molecule has 0 aliphatic carbocycles. The molecule has 1 saturated heterocycles. The highest BCUT2D eigenvalue weighted by atomic mass is 16.6. The van der Waals surface area contributed by atoms with E-state index < -0.39 is 34.9 Å². The Balaban J connectivity index is 1.32. The number of carbonyl (C=O) groups is 1. The van der Waals surface area contributed by atoms with Gasteiger partial charge in [0, 0.05) is 12.8 Å². The third kappa shape index (κ3) is 6.50. The lowest BCUT2D eigenvalue weighted by atomic mass is 9.80. The van der Waals surface area contributed by atoms with Crippen LogP contribution in [0, 0.1) is 0 Å². The lowest BCUT2D eigenvalue weighted by Gasteiger charge is -2.37. The van der Waals surface area contributed by atoms with Crippen molar-refractivity contribution in [2.24, 2.45) is 0 Å². The molecule has 7 rings (SSSR count). The SMILES string of the molecule is COc1ccc(C(OC[C@H]2O[C@@](C(=O)Cc3cccc(OC)c3)(n3cnc4c(=O)[nH]c(N)nc43)C[C@@H]2O)(c2ccccc2)c2ccc(OC)cc2)cc1. The highest BCUT2D eigenvalue weighted by Crippen LogP contribution is 2.44. The maximum atomic E-state index is 14.6. The number of anilines is 1. The van der Waals surface area contributed by atoms with Crippen LogP contribution in [0.25, 0.3) is 11.2 Å². The number of hydrogen-bond acceptors (Lipinski definition) is 11. The number of rotatable bonds is 13. The van der Waals surface area contributed by atoms with E-state index in [-0.39, 0.29) is 36.6 Å². The summed E-state index contributed by atoms with van der Waals surface area (Å²) in [6.45, 7) is -0.162. The molecule has 13 nitrogen and oxygen atoms in total. The Morgan fingerprint density at radius 1 is 0.906 bits per heavy atom. The number of imidazole rings is 1.